The number of hydrogen-bond acceptors (Lipinski definition) is 6. The quantitative estimate of drug-likeness (QED) is 0.807. The van der Waals surface area contributed by atoms with E-state index in [2.05, 4.69) is 0 Å². The molecule has 2 aliphatic heterocycles. The van der Waals surface area contributed by atoms with Crippen molar-refractivity contribution in [3.05, 3.63) is 35.9 Å². The van der Waals surface area contributed by atoms with Crippen LogP contribution in [0.5, 0.6) is 0 Å². The highest BCUT2D eigenvalue weighted by atomic mass is 19.1. The normalized spacial score (nSPS) is 32.0. The first-order valence-electron chi connectivity index (χ1n) is 7.96. The van der Waals surface area contributed by atoms with Crippen molar-refractivity contribution in [2.24, 2.45) is 0 Å². The van der Waals surface area contributed by atoms with E-state index in [-0.39, 0.29) is 6.61 Å². The minimum absolute atomic E-state index is 0.227. The Morgan fingerprint density at radius 2 is 1.83 bits per heavy atom. The molecule has 1 aromatic rings. The van der Waals surface area contributed by atoms with Gasteiger partial charge in [-0.3, -0.25) is 0 Å². The van der Waals surface area contributed by atoms with Gasteiger partial charge in [-0.1, -0.05) is 30.3 Å². The van der Waals surface area contributed by atoms with Crippen LogP contribution in [0.25, 0.3) is 0 Å². The van der Waals surface area contributed by atoms with Crippen molar-refractivity contribution in [2.45, 2.75) is 56.5 Å². The fourth-order valence-corrected chi connectivity index (χ4v) is 3.07. The van der Waals surface area contributed by atoms with E-state index in [1.54, 1.807) is 13.8 Å². The molecule has 6 nitrogen and oxygen atoms in total. The van der Waals surface area contributed by atoms with Gasteiger partial charge in [0.2, 0.25) is 0 Å². The van der Waals surface area contributed by atoms with E-state index in [4.69, 9.17) is 18.9 Å². The Labute approximate surface area is 140 Å². The highest BCUT2D eigenvalue weighted by Crippen LogP contribution is 2.42. The predicted octanol–water partition coefficient (Wildman–Crippen LogP) is 1.14. The smallest absolute Gasteiger partial charge is 0.190 e. The number of aliphatic hydroxyl groups excluding tert-OH is 2. The number of ether oxygens (including phenoxy) is 4. The van der Waals surface area contributed by atoms with Crippen LogP contribution in [-0.2, 0) is 25.6 Å². The Kier molecular flexibility index (Phi) is 4.92. The standard InChI is InChI=1S/C17H23FO6/c1-16(2)23-13-12(21-8-11-6-4-3-5-7-11)14(22-15(13)24-16)17(18,9-19)10-20/h3-7,12-15,19-20H,8-10H2,1-2H3/t12-,13-,14+,15+/m1/s1. The van der Waals surface area contributed by atoms with Gasteiger partial charge in [0.25, 0.3) is 0 Å². The van der Waals surface area contributed by atoms with E-state index in [1.807, 2.05) is 30.3 Å². The Morgan fingerprint density at radius 1 is 1.17 bits per heavy atom. The summed E-state index contributed by atoms with van der Waals surface area (Å²) in [4.78, 5) is 0. The lowest BCUT2D eigenvalue weighted by Crippen LogP contribution is -2.52. The molecule has 0 saturated carbocycles. The third kappa shape index (κ3) is 3.33. The largest absolute Gasteiger partial charge is 0.393 e. The molecule has 0 radical (unpaired) electrons. The molecule has 2 N–H and O–H groups in total. The lowest BCUT2D eigenvalue weighted by atomic mass is 9.95. The van der Waals surface area contributed by atoms with Gasteiger partial charge in [0.15, 0.2) is 17.7 Å². The van der Waals surface area contributed by atoms with Crippen molar-refractivity contribution in [1.82, 2.24) is 0 Å². The zero-order chi connectivity index (χ0) is 17.4. The van der Waals surface area contributed by atoms with E-state index in [0.717, 1.165) is 5.56 Å². The van der Waals surface area contributed by atoms with Crippen molar-refractivity contribution in [2.75, 3.05) is 13.2 Å². The van der Waals surface area contributed by atoms with Crippen LogP contribution in [-0.4, -0.2) is 59.5 Å². The summed E-state index contributed by atoms with van der Waals surface area (Å²) in [5, 5.41) is 18.7. The van der Waals surface area contributed by atoms with E-state index < -0.39 is 49.3 Å². The summed E-state index contributed by atoms with van der Waals surface area (Å²) in [5.41, 5.74) is -1.43. The van der Waals surface area contributed by atoms with Gasteiger partial charge >= 0.3 is 0 Å². The third-order valence-corrected chi connectivity index (χ3v) is 4.31. The van der Waals surface area contributed by atoms with Gasteiger partial charge in [0.05, 0.1) is 19.8 Å². The molecule has 0 bridgehead atoms. The lowest BCUT2D eigenvalue weighted by Gasteiger charge is -2.33. The molecule has 134 valence electrons. The Balaban J connectivity index is 1.79. The van der Waals surface area contributed by atoms with Crippen molar-refractivity contribution < 1.29 is 33.6 Å². The second-order valence-electron chi connectivity index (χ2n) is 6.64. The average Bonchev–Trinajstić information content (AvgIpc) is 3.05. The van der Waals surface area contributed by atoms with Gasteiger partial charge in [0.1, 0.15) is 18.3 Å². The Hall–Kier alpha value is -1.09. The first kappa shape index (κ1) is 17.7. The molecular weight excluding hydrogens is 319 g/mol. The average molecular weight is 342 g/mol. The van der Waals surface area contributed by atoms with Crippen LogP contribution < -0.4 is 0 Å². The molecule has 0 amide bonds. The number of aliphatic hydroxyl groups is 2. The van der Waals surface area contributed by atoms with E-state index in [9.17, 15) is 14.6 Å². The maximum atomic E-state index is 14.8. The van der Waals surface area contributed by atoms with Crippen LogP contribution in [0.4, 0.5) is 4.39 Å². The summed E-state index contributed by atoms with van der Waals surface area (Å²) in [5.74, 6) is -0.869. The zero-order valence-electron chi connectivity index (χ0n) is 13.7. The summed E-state index contributed by atoms with van der Waals surface area (Å²) < 4.78 is 37.7. The second kappa shape index (κ2) is 6.67. The molecule has 0 unspecified atom stereocenters. The molecule has 0 aliphatic carbocycles. The van der Waals surface area contributed by atoms with E-state index in [0.29, 0.717) is 0 Å². The minimum atomic E-state index is -2.34. The number of rotatable bonds is 6. The minimum Gasteiger partial charge on any atom is -0.393 e. The maximum Gasteiger partial charge on any atom is 0.190 e. The molecule has 0 aromatic heterocycles. The van der Waals surface area contributed by atoms with Gasteiger partial charge in [0, 0.05) is 0 Å². The second-order valence-corrected chi connectivity index (χ2v) is 6.64. The maximum absolute atomic E-state index is 14.8. The zero-order valence-corrected chi connectivity index (χ0v) is 13.7. The van der Waals surface area contributed by atoms with Crippen LogP contribution in [0.15, 0.2) is 30.3 Å². The predicted molar refractivity (Wildman–Crippen MR) is 81.7 cm³/mol. The molecule has 2 fully saturated rings. The summed E-state index contributed by atoms with van der Waals surface area (Å²) in [6.45, 7) is 1.92. The lowest BCUT2D eigenvalue weighted by molar-refractivity contribution is -0.242. The van der Waals surface area contributed by atoms with Crippen molar-refractivity contribution >= 4 is 0 Å². The molecule has 3 rings (SSSR count). The Bertz CT molecular complexity index is 547. The van der Waals surface area contributed by atoms with Crippen LogP contribution in [0.1, 0.15) is 19.4 Å². The van der Waals surface area contributed by atoms with Gasteiger partial charge in [-0.2, -0.15) is 0 Å². The van der Waals surface area contributed by atoms with E-state index >= 15 is 0 Å². The van der Waals surface area contributed by atoms with Crippen LogP contribution in [0.3, 0.4) is 0 Å². The van der Waals surface area contributed by atoms with Crippen molar-refractivity contribution in [3.63, 3.8) is 0 Å². The molecule has 24 heavy (non-hydrogen) atoms. The van der Waals surface area contributed by atoms with Crippen LogP contribution in [0, 0.1) is 0 Å². The number of halogens is 1. The summed E-state index contributed by atoms with van der Waals surface area (Å²) >= 11 is 0. The highest BCUT2D eigenvalue weighted by molar-refractivity contribution is 5.14. The molecule has 2 saturated heterocycles. The first-order valence-corrected chi connectivity index (χ1v) is 7.96. The van der Waals surface area contributed by atoms with Gasteiger partial charge in [-0.05, 0) is 19.4 Å². The fourth-order valence-electron chi connectivity index (χ4n) is 3.07. The number of benzene rings is 1. The summed E-state index contributed by atoms with van der Waals surface area (Å²) in [6, 6.07) is 9.42. The number of hydrogen-bond donors (Lipinski definition) is 2. The molecule has 4 atom stereocenters. The highest BCUT2D eigenvalue weighted by Gasteiger charge is 2.61. The van der Waals surface area contributed by atoms with Gasteiger partial charge in [-0.25, -0.2) is 4.39 Å². The Morgan fingerprint density at radius 3 is 2.46 bits per heavy atom. The third-order valence-electron chi connectivity index (χ3n) is 4.31. The SMILES string of the molecule is CC1(C)O[C@@H]2O[C@H](C(F)(CO)CO)[C@H](OCc3ccccc3)[C@H]2O1. The number of alkyl halides is 1. The first-order chi connectivity index (χ1) is 11.4. The molecule has 7 heteroatoms. The van der Waals surface area contributed by atoms with Crippen molar-refractivity contribution in [3.8, 4) is 0 Å². The van der Waals surface area contributed by atoms with Gasteiger partial charge in [-0.15, -0.1) is 0 Å². The van der Waals surface area contributed by atoms with Crippen molar-refractivity contribution in [1.29, 1.82) is 0 Å². The topological polar surface area (TPSA) is 77.4 Å². The van der Waals surface area contributed by atoms with E-state index in [1.165, 1.54) is 0 Å². The molecule has 2 heterocycles. The molecule has 1 aromatic carbocycles. The molecule has 0 spiro atoms. The van der Waals surface area contributed by atoms with Gasteiger partial charge < -0.3 is 29.2 Å². The number of fused-ring (bicyclic) bond motifs is 1. The summed E-state index contributed by atoms with van der Waals surface area (Å²) in [7, 11) is 0. The monoisotopic (exact) mass is 342 g/mol. The summed E-state index contributed by atoms with van der Waals surface area (Å²) in [6.07, 6.45) is -3.45. The molecule has 2 aliphatic rings. The van der Waals surface area contributed by atoms with Crippen LogP contribution >= 0.6 is 0 Å². The van der Waals surface area contributed by atoms with Crippen LogP contribution in [0.2, 0.25) is 0 Å². The molecular formula is C17H23FO6. The fraction of sp³-hybridized carbons (Fsp3) is 0.647.